The molecular weight excluding hydrogens is 587 g/mol. The molecule has 1 aromatic heterocycles. The highest BCUT2D eigenvalue weighted by atomic mass is 35.5. The molecule has 0 atom stereocenters. The number of benzene rings is 3. The number of ether oxygens (including phenoxy) is 1. The molecule has 0 saturated carbocycles. The third-order valence-electron chi connectivity index (χ3n) is 6.65. The summed E-state index contributed by atoms with van der Waals surface area (Å²) in [7, 11) is 1.57. The number of fused-ring (bicyclic) bond motifs is 1. The highest BCUT2D eigenvalue weighted by Crippen LogP contribution is 2.35. The van der Waals surface area contributed by atoms with Gasteiger partial charge in [-0.15, -0.1) is 0 Å². The van der Waals surface area contributed by atoms with E-state index in [-0.39, 0.29) is 30.0 Å². The topological polar surface area (TPSA) is 101 Å². The number of rotatable bonds is 11. The fourth-order valence-electron chi connectivity index (χ4n) is 4.19. The highest BCUT2D eigenvalue weighted by molar-refractivity contribution is 6.38. The molecule has 0 aliphatic rings. The number of nitrogens with one attached hydrogen (secondary N) is 2. The van der Waals surface area contributed by atoms with Gasteiger partial charge in [-0.05, 0) is 61.4 Å². The van der Waals surface area contributed by atoms with Crippen LogP contribution in [0, 0.1) is 6.92 Å². The fourth-order valence-corrected chi connectivity index (χ4v) is 4.80. The minimum Gasteiger partial charge on any atom is -0.487 e. The first-order valence-electron chi connectivity index (χ1n) is 13.7. The van der Waals surface area contributed by atoms with Crippen molar-refractivity contribution < 1.29 is 19.1 Å². The molecule has 0 saturated heterocycles. The number of carbonyl (C=O) groups is 3. The molecule has 1 heterocycles. The predicted octanol–water partition coefficient (Wildman–Crippen LogP) is 6.36. The summed E-state index contributed by atoms with van der Waals surface area (Å²) in [5, 5.41) is 7.01. The Labute approximate surface area is 260 Å². The van der Waals surface area contributed by atoms with Gasteiger partial charge in [0.25, 0.3) is 5.91 Å². The molecule has 0 aliphatic heterocycles. The number of hydrogen-bond acceptors (Lipinski definition) is 5. The lowest BCUT2D eigenvalue weighted by atomic mass is 10.1. The standard InChI is InChI=1S/C33H32Cl2N4O4/c1-4-18-36-33(42)24-13-9-22(10-14-24)11-17-29(40)37-19-30(41)39(3)27-16-15-26(34)25(31(27)35)20-43-28-7-5-6-23-12-8-21(2)38-32(23)28/h5-17H,4,18-20H2,1-3H3,(H,36,42)(H,37,40). The Bertz CT molecular complexity index is 1670. The van der Waals surface area contributed by atoms with Crippen LogP contribution in [0.5, 0.6) is 5.75 Å². The smallest absolute Gasteiger partial charge is 0.251 e. The number of likely N-dealkylation sites (N-methyl/N-ethyl adjacent to an activating group) is 1. The molecule has 0 bridgehead atoms. The molecule has 2 N–H and O–H groups in total. The summed E-state index contributed by atoms with van der Waals surface area (Å²) < 4.78 is 6.07. The van der Waals surface area contributed by atoms with Crippen molar-refractivity contribution in [3.8, 4) is 5.75 Å². The molecule has 0 unspecified atom stereocenters. The number of aryl methyl sites for hydroxylation is 1. The normalized spacial score (nSPS) is 11.0. The van der Waals surface area contributed by atoms with Crippen LogP contribution >= 0.6 is 23.2 Å². The molecule has 3 amide bonds. The van der Waals surface area contributed by atoms with E-state index in [2.05, 4.69) is 15.6 Å². The molecule has 222 valence electrons. The quantitative estimate of drug-likeness (QED) is 0.190. The molecule has 0 spiro atoms. The lowest BCUT2D eigenvalue weighted by Crippen LogP contribution is -2.37. The zero-order valence-electron chi connectivity index (χ0n) is 24.1. The van der Waals surface area contributed by atoms with Crippen LogP contribution < -0.4 is 20.3 Å². The minimum atomic E-state index is -0.443. The number of aromatic nitrogens is 1. The molecule has 0 radical (unpaired) electrons. The second kappa shape index (κ2) is 14.7. The van der Waals surface area contributed by atoms with Crippen molar-refractivity contribution in [3.63, 3.8) is 0 Å². The van der Waals surface area contributed by atoms with Crippen molar-refractivity contribution in [2.45, 2.75) is 26.9 Å². The van der Waals surface area contributed by atoms with E-state index in [1.54, 1.807) is 49.5 Å². The number of halogens is 2. The zero-order valence-corrected chi connectivity index (χ0v) is 25.6. The van der Waals surface area contributed by atoms with Crippen LogP contribution in [0.1, 0.15) is 40.5 Å². The van der Waals surface area contributed by atoms with E-state index >= 15 is 0 Å². The van der Waals surface area contributed by atoms with Crippen molar-refractivity contribution in [2.24, 2.45) is 0 Å². The van der Waals surface area contributed by atoms with Gasteiger partial charge < -0.3 is 20.3 Å². The van der Waals surface area contributed by atoms with Crippen LogP contribution in [0.25, 0.3) is 17.0 Å². The van der Waals surface area contributed by atoms with E-state index in [4.69, 9.17) is 27.9 Å². The number of pyridine rings is 1. The van der Waals surface area contributed by atoms with Crippen molar-refractivity contribution in [1.29, 1.82) is 0 Å². The maximum atomic E-state index is 12.9. The largest absolute Gasteiger partial charge is 0.487 e. The number of carbonyl (C=O) groups excluding carboxylic acids is 3. The van der Waals surface area contributed by atoms with Gasteiger partial charge in [0.05, 0.1) is 17.3 Å². The fraction of sp³-hybridized carbons (Fsp3) is 0.212. The van der Waals surface area contributed by atoms with Crippen LogP contribution in [0.4, 0.5) is 5.69 Å². The average molecular weight is 620 g/mol. The summed E-state index contributed by atoms with van der Waals surface area (Å²) in [6.45, 7) is 4.32. The van der Waals surface area contributed by atoms with Crippen LogP contribution in [0.3, 0.4) is 0 Å². The molecule has 10 heteroatoms. The second-order valence-electron chi connectivity index (χ2n) is 9.81. The molecule has 43 heavy (non-hydrogen) atoms. The van der Waals surface area contributed by atoms with Gasteiger partial charge in [0.15, 0.2) is 0 Å². The van der Waals surface area contributed by atoms with E-state index in [1.807, 2.05) is 44.2 Å². The predicted molar refractivity (Wildman–Crippen MR) is 172 cm³/mol. The first-order chi connectivity index (χ1) is 20.7. The lowest BCUT2D eigenvalue weighted by Gasteiger charge is -2.21. The summed E-state index contributed by atoms with van der Waals surface area (Å²) in [6, 6.07) is 19.7. The van der Waals surface area contributed by atoms with Crippen LogP contribution in [-0.4, -0.2) is 42.8 Å². The summed E-state index contributed by atoms with van der Waals surface area (Å²) in [5.41, 5.74) is 3.82. The van der Waals surface area contributed by atoms with E-state index in [1.165, 1.54) is 11.0 Å². The maximum absolute atomic E-state index is 12.9. The second-order valence-corrected chi connectivity index (χ2v) is 10.6. The number of amides is 3. The van der Waals surface area contributed by atoms with Crippen molar-refractivity contribution in [2.75, 3.05) is 25.0 Å². The number of nitrogens with zero attached hydrogens (tertiary/aromatic N) is 2. The van der Waals surface area contributed by atoms with Gasteiger partial charge in [0.2, 0.25) is 11.8 Å². The zero-order chi connectivity index (χ0) is 30.9. The third-order valence-corrected chi connectivity index (χ3v) is 7.42. The maximum Gasteiger partial charge on any atom is 0.251 e. The monoisotopic (exact) mass is 618 g/mol. The summed E-state index contributed by atoms with van der Waals surface area (Å²) in [6.07, 6.45) is 3.79. The highest BCUT2D eigenvalue weighted by Gasteiger charge is 2.19. The van der Waals surface area contributed by atoms with Gasteiger partial charge in [0, 0.05) is 46.9 Å². The number of para-hydroxylation sites is 1. The molecule has 4 rings (SSSR count). The lowest BCUT2D eigenvalue weighted by molar-refractivity contribution is -0.122. The Kier molecular flexibility index (Phi) is 10.8. The van der Waals surface area contributed by atoms with E-state index in [0.717, 1.165) is 28.6 Å². The minimum absolute atomic E-state index is 0.0637. The number of hydrogen-bond donors (Lipinski definition) is 2. The first-order valence-corrected chi connectivity index (χ1v) is 14.5. The molecular formula is C33H32Cl2N4O4. The average Bonchev–Trinajstić information content (AvgIpc) is 3.01. The van der Waals surface area contributed by atoms with Crippen molar-refractivity contribution in [1.82, 2.24) is 15.6 Å². The van der Waals surface area contributed by atoms with Crippen LogP contribution in [0.2, 0.25) is 10.0 Å². The van der Waals surface area contributed by atoms with Gasteiger partial charge in [-0.2, -0.15) is 0 Å². The molecule has 3 aromatic carbocycles. The van der Waals surface area contributed by atoms with Gasteiger partial charge in [-0.25, -0.2) is 4.98 Å². The first kappa shape index (κ1) is 31.5. The SMILES string of the molecule is CCCNC(=O)c1ccc(C=CC(=O)NCC(=O)N(C)c2ccc(Cl)c(COc3cccc4ccc(C)nc34)c2Cl)cc1. The molecule has 0 fully saturated rings. The Balaban J connectivity index is 1.36. The van der Waals surface area contributed by atoms with E-state index < -0.39 is 5.91 Å². The Morgan fingerprint density at radius 1 is 0.977 bits per heavy atom. The van der Waals surface area contributed by atoms with Crippen LogP contribution in [0.15, 0.2) is 72.8 Å². The summed E-state index contributed by atoms with van der Waals surface area (Å²) >= 11 is 13.2. The Hall–Kier alpha value is -4.40. The van der Waals surface area contributed by atoms with E-state index in [0.29, 0.717) is 34.1 Å². The van der Waals surface area contributed by atoms with E-state index in [9.17, 15) is 14.4 Å². The Morgan fingerprint density at radius 3 is 2.49 bits per heavy atom. The van der Waals surface area contributed by atoms with Gasteiger partial charge in [-0.3, -0.25) is 14.4 Å². The molecule has 4 aromatic rings. The summed E-state index contributed by atoms with van der Waals surface area (Å²) in [4.78, 5) is 43.3. The molecule has 8 nitrogen and oxygen atoms in total. The van der Waals surface area contributed by atoms with Gasteiger partial charge in [0.1, 0.15) is 17.9 Å². The van der Waals surface area contributed by atoms with Crippen LogP contribution in [-0.2, 0) is 16.2 Å². The van der Waals surface area contributed by atoms with Crippen molar-refractivity contribution in [3.05, 3.63) is 105 Å². The number of anilines is 1. The molecule has 0 aliphatic carbocycles. The van der Waals surface area contributed by atoms with Crippen molar-refractivity contribution >= 4 is 63.6 Å². The Morgan fingerprint density at radius 2 is 1.74 bits per heavy atom. The van der Waals surface area contributed by atoms with Gasteiger partial charge in [-0.1, -0.05) is 60.5 Å². The third kappa shape index (κ3) is 8.12. The summed E-state index contributed by atoms with van der Waals surface area (Å²) in [5.74, 6) is -0.376. The van der Waals surface area contributed by atoms with Gasteiger partial charge >= 0.3 is 0 Å².